The van der Waals surface area contributed by atoms with E-state index in [9.17, 15) is 18.3 Å². The molecule has 1 saturated heterocycles. The molecule has 2 heterocycles. The third kappa shape index (κ3) is 3.69. The van der Waals surface area contributed by atoms with Gasteiger partial charge in [0.05, 0.1) is 17.0 Å². The van der Waals surface area contributed by atoms with E-state index in [-0.39, 0.29) is 28.6 Å². The maximum absolute atomic E-state index is 12.8. The average Bonchev–Trinajstić information content (AvgIpc) is 3.38. The molecule has 2 aromatic rings. The van der Waals surface area contributed by atoms with E-state index in [0.29, 0.717) is 24.2 Å². The Morgan fingerprint density at radius 3 is 2.43 bits per heavy atom. The van der Waals surface area contributed by atoms with Crippen LogP contribution in [0.2, 0.25) is 0 Å². The second kappa shape index (κ2) is 7.92. The first-order chi connectivity index (χ1) is 14.4. The molecule has 0 spiro atoms. The number of hydrazine groups is 1. The maximum Gasteiger partial charge on any atom is 0.269 e. The molecule has 0 saturated carbocycles. The van der Waals surface area contributed by atoms with E-state index >= 15 is 0 Å². The summed E-state index contributed by atoms with van der Waals surface area (Å²) in [6, 6.07) is 14.9. The fourth-order valence-electron chi connectivity index (χ4n) is 3.65. The van der Waals surface area contributed by atoms with Gasteiger partial charge in [0.15, 0.2) is 5.84 Å². The molecule has 0 unspecified atom stereocenters. The van der Waals surface area contributed by atoms with E-state index in [1.54, 1.807) is 24.3 Å². The molecule has 4 rings (SSSR count). The van der Waals surface area contributed by atoms with Gasteiger partial charge in [0, 0.05) is 18.7 Å². The molecule has 0 atom stereocenters. The van der Waals surface area contributed by atoms with Crippen molar-refractivity contribution in [3.05, 3.63) is 71.5 Å². The number of nitrogens with one attached hydrogen (secondary N) is 2. The van der Waals surface area contributed by atoms with Crippen LogP contribution in [0.1, 0.15) is 28.8 Å². The Balaban J connectivity index is 1.51. The van der Waals surface area contributed by atoms with Crippen molar-refractivity contribution in [1.29, 1.82) is 5.41 Å². The molecule has 2 aliphatic rings. The van der Waals surface area contributed by atoms with Gasteiger partial charge in [-0.2, -0.15) is 4.31 Å². The number of carbonyl (C=O) groups is 1. The van der Waals surface area contributed by atoms with Crippen LogP contribution in [0.25, 0.3) is 5.57 Å². The van der Waals surface area contributed by atoms with Crippen molar-refractivity contribution in [1.82, 2.24) is 14.7 Å². The van der Waals surface area contributed by atoms with Crippen LogP contribution in [0.3, 0.4) is 0 Å². The van der Waals surface area contributed by atoms with Gasteiger partial charge in [0.25, 0.3) is 5.91 Å². The normalized spacial score (nSPS) is 17.6. The van der Waals surface area contributed by atoms with Crippen LogP contribution in [-0.2, 0) is 10.0 Å². The quantitative estimate of drug-likeness (QED) is 0.679. The van der Waals surface area contributed by atoms with E-state index in [0.717, 1.165) is 12.8 Å². The zero-order chi connectivity index (χ0) is 21.3. The third-order valence-electron chi connectivity index (χ3n) is 5.20. The zero-order valence-corrected chi connectivity index (χ0v) is 17.0. The van der Waals surface area contributed by atoms with Gasteiger partial charge in [0.1, 0.15) is 5.76 Å². The summed E-state index contributed by atoms with van der Waals surface area (Å²) < 4.78 is 26.9. The molecule has 8 nitrogen and oxygen atoms in total. The number of hydrogen-bond acceptors (Lipinski definition) is 5. The highest BCUT2D eigenvalue weighted by Crippen LogP contribution is 2.26. The van der Waals surface area contributed by atoms with E-state index in [4.69, 9.17) is 5.41 Å². The topological polar surface area (TPSA) is 114 Å². The highest BCUT2D eigenvalue weighted by atomic mass is 32.2. The Kier molecular flexibility index (Phi) is 5.31. The van der Waals surface area contributed by atoms with Crippen molar-refractivity contribution in [2.45, 2.75) is 17.7 Å². The third-order valence-corrected chi connectivity index (χ3v) is 7.10. The van der Waals surface area contributed by atoms with E-state index in [2.05, 4.69) is 5.43 Å². The summed E-state index contributed by atoms with van der Waals surface area (Å²) >= 11 is 0. The summed E-state index contributed by atoms with van der Waals surface area (Å²) in [4.78, 5) is 12.8. The van der Waals surface area contributed by atoms with Gasteiger partial charge in [-0.05, 0) is 36.6 Å². The molecule has 30 heavy (non-hydrogen) atoms. The van der Waals surface area contributed by atoms with Crippen LogP contribution >= 0.6 is 0 Å². The predicted molar refractivity (Wildman–Crippen MR) is 112 cm³/mol. The molecule has 9 heteroatoms. The Bertz CT molecular complexity index is 1120. The minimum absolute atomic E-state index is 0.0168. The SMILES string of the molecule is N=C1C(c2ccccc2)=C(O)CN1NC(=O)c1cccc(S(=O)(=O)N2CCCC2)c1. The summed E-state index contributed by atoms with van der Waals surface area (Å²) in [5.41, 5.74) is 3.77. The number of amidine groups is 1. The first-order valence-electron chi connectivity index (χ1n) is 9.63. The van der Waals surface area contributed by atoms with Crippen LogP contribution in [0.15, 0.2) is 65.3 Å². The fourth-order valence-corrected chi connectivity index (χ4v) is 5.21. The van der Waals surface area contributed by atoms with E-state index < -0.39 is 15.9 Å². The molecule has 2 aromatic carbocycles. The second-order valence-electron chi connectivity index (χ2n) is 7.20. The number of aliphatic hydroxyl groups is 1. The lowest BCUT2D eigenvalue weighted by Gasteiger charge is -2.20. The lowest BCUT2D eigenvalue weighted by Crippen LogP contribution is -2.43. The highest BCUT2D eigenvalue weighted by molar-refractivity contribution is 7.89. The van der Waals surface area contributed by atoms with Crippen LogP contribution in [0.5, 0.6) is 0 Å². The summed E-state index contributed by atoms with van der Waals surface area (Å²) in [6.07, 6.45) is 1.66. The molecular weight excluding hydrogens is 404 g/mol. The van der Waals surface area contributed by atoms with Gasteiger partial charge >= 0.3 is 0 Å². The molecule has 0 aromatic heterocycles. The standard InChI is InChI=1S/C21H22N4O4S/c22-20-19(15-7-2-1-3-8-15)18(26)14-25(20)23-21(27)16-9-6-10-17(13-16)30(28,29)24-11-4-5-12-24/h1-3,6-10,13,22,26H,4-5,11-12,14H2,(H,23,27). The number of nitrogens with zero attached hydrogens (tertiary/aromatic N) is 2. The van der Waals surface area contributed by atoms with Crippen molar-refractivity contribution >= 4 is 27.3 Å². The summed E-state index contributed by atoms with van der Waals surface area (Å²) in [5.74, 6) is -0.606. The molecule has 0 radical (unpaired) electrons. The van der Waals surface area contributed by atoms with Crippen molar-refractivity contribution < 1.29 is 18.3 Å². The second-order valence-corrected chi connectivity index (χ2v) is 9.14. The van der Waals surface area contributed by atoms with E-state index in [1.165, 1.54) is 33.6 Å². The van der Waals surface area contributed by atoms with Crippen LogP contribution in [0.4, 0.5) is 0 Å². The Morgan fingerprint density at radius 2 is 1.73 bits per heavy atom. The van der Waals surface area contributed by atoms with Gasteiger partial charge in [-0.1, -0.05) is 36.4 Å². The lowest BCUT2D eigenvalue weighted by molar-refractivity contribution is 0.0874. The molecule has 3 N–H and O–H groups in total. The number of benzene rings is 2. The fraction of sp³-hybridized carbons (Fsp3) is 0.238. The van der Waals surface area contributed by atoms with Crippen molar-refractivity contribution in [2.24, 2.45) is 0 Å². The van der Waals surface area contributed by atoms with Crippen LogP contribution in [0, 0.1) is 5.41 Å². The molecule has 1 amide bonds. The van der Waals surface area contributed by atoms with Gasteiger partial charge in [-0.25, -0.2) is 8.42 Å². The van der Waals surface area contributed by atoms with Gasteiger partial charge in [0.2, 0.25) is 10.0 Å². The monoisotopic (exact) mass is 426 g/mol. The summed E-state index contributed by atoms with van der Waals surface area (Å²) in [7, 11) is -3.64. The van der Waals surface area contributed by atoms with Crippen molar-refractivity contribution in [2.75, 3.05) is 19.6 Å². The van der Waals surface area contributed by atoms with Gasteiger partial charge < -0.3 is 5.11 Å². The number of amides is 1. The Labute approximate surface area is 175 Å². The Morgan fingerprint density at radius 1 is 1.03 bits per heavy atom. The molecule has 156 valence electrons. The number of carbonyl (C=O) groups excluding carboxylic acids is 1. The number of hydrogen-bond donors (Lipinski definition) is 3. The molecular formula is C21H22N4O4S. The van der Waals surface area contributed by atoms with Gasteiger partial charge in [-0.15, -0.1) is 0 Å². The van der Waals surface area contributed by atoms with E-state index in [1.807, 2.05) is 6.07 Å². The molecule has 2 aliphatic heterocycles. The highest BCUT2D eigenvalue weighted by Gasteiger charge is 2.31. The summed E-state index contributed by atoms with van der Waals surface area (Å²) in [5, 5.41) is 19.9. The first-order valence-corrected chi connectivity index (χ1v) is 11.1. The first kappa shape index (κ1) is 20.1. The molecule has 0 bridgehead atoms. The van der Waals surface area contributed by atoms with Crippen molar-refractivity contribution in [3.63, 3.8) is 0 Å². The lowest BCUT2D eigenvalue weighted by atomic mass is 10.1. The largest absolute Gasteiger partial charge is 0.510 e. The smallest absolute Gasteiger partial charge is 0.269 e. The average molecular weight is 426 g/mol. The zero-order valence-electron chi connectivity index (χ0n) is 16.2. The minimum atomic E-state index is -3.64. The summed E-state index contributed by atoms with van der Waals surface area (Å²) in [6.45, 7) is 0.925. The maximum atomic E-state index is 12.8. The van der Waals surface area contributed by atoms with Crippen LogP contribution in [-0.4, -0.2) is 54.2 Å². The Hall–Kier alpha value is -3.17. The van der Waals surface area contributed by atoms with Crippen molar-refractivity contribution in [3.8, 4) is 0 Å². The predicted octanol–water partition coefficient (Wildman–Crippen LogP) is 2.38. The number of rotatable bonds is 5. The minimum Gasteiger partial charge on any atom is -0.510 e. The van der Waals surface area contributed by atoms with Crippen LogP contribution < -0.4 is 5.43 Å². The number of aliphatic hydroxyl groups excluding tert-OH is 1. The molecule has 0 aliphatic carbocycles. The number of sulfonamides is 1. The molecule has 1 fully saturated rings. The van der Waals surface area contributed by atoms with Gasteiger partial charge in [-0.3, -0.25) is 20.6 Å².